The molecular weight excluding hydrogens is 214 g/mol. The molecule has 17 heavy (non-hydrogen) atoms. The highest BCUT2D eigenvalue weighted by molar-refractivity contribution is 5.42. The van der Waals surface area contributed by atoms with Gasteiger partial charge >= 0.3 is 0 Å². The summed E-state index contributed by atoms with van der Waals surface area (Å²) in [5, 5.41) is 0. The molecule has 0 spiro atoms. The summed E-state index contributed by atoms with van der Waals surface area (Å²) < 4.78 is 11.0. The molecule has 3 rings (SSSR count). The van der Waals surface area contributed by atoms with E-state index in [9.17, 15) is 0 Å². The van der Waals surface area contributed by atoms with Crippen molar-refractivity contribution >= 4 is 0 Å². The molecule has 0 bridgehead atoms. The van der Waals surface area contributed by atoms with Crippen LogP contribution in [0.15, 0.2) is 24.3 Å². The maximum Gasteiger partial charge on any atom is 0.122 e. The maximum atomic E-state index is 5.92. The van der Waals surface area contributed by atoms with Crippen LogP contribution >= 0.6 is 0 Å². The van der Waals surface area contributed by atoms with Gasteiger partial charge in [0.2, 0.25) is 0 Å². The van der Waals surface area contributed by atoms with E-state index < -0.39 is 0 Å². The molecule has 0 atom stereocenters. The van der Waals surface area contributed by atoms with E-state index in [1.54, 1.807) is 7.11 Å². The molecule has 1 heterocycles. The molecule has 0 amide bonds. The molecule has 1 aliphatic heterocycles. The molecule has 2 N–H and O–H groups in total. The molecule has 2 aliphatic rings. The first-order chi connectivity index (χ1) is 8.26. The number of rotatable bonds is 3. The van der Waals surface area contributed by atoms with E-state index in [2.05, 4.69) is 12.1 Å². The predicted octanol–water partition coefficient (Wildman–Crippen LogP) is 1.70. The summed E-state index contributed by atoms with van der Waals surface area (Å²) in [5.41, 5.74) is 7.37. The van der Waals surface area contributed by atoms with E-state index >= 15 is 0 Å². The molecule has 1 saturated heterocycles. The average molecular weight is 233 g/mol. The summed E-state index contributed by atoms with van der Waals surface area (Å²) in [6.45, 7) is 1.62. The van der Waals surface area contributed by atoms with Crippen LogP contribution in [0.5, 0.6) is 5.75 Å². The highest BCUT2D eigenvalue weighted by Gasteiger charge is 2.52. The van der Waals surface area contributed by atoms with Crippen molar-refractivity contribution in [3.05, 3.63) is 29.8 Å². The van der Waals surface area contributed by atoms with Crippen molar-refractivity contribution in [1.82, 2.24) is 0 Å². The van der Waals surface area contributed by atoms with Gasteiger partial charge in [0, 0.05) is 17.0 Å². The number of methoxy groups -OCH3 is 1. The highest BCUT2D eigenvalue weighted by Crippen LogP contribution is 2.50. The van der Waals surface area contributed by atoms with E-state index in [4.69, 9.17) is 15.2 Å². The summed E-state index contributed by atoms with van der Waals surface area (Å²) in [6.07, 6.45) is 2.23. The minimum absolute atomic E-state index is 0.155. The van der Waals surface area contributed by atoms with Gasteiger partial charge in [-0.3, -0.25) is 0 Å². The van der Waals surface area contributed by atoms with Gasteiger partial charge in [-0.2, -0.15) is 0 Å². The van der Waals surface area contributed by atoms with Crippen LogP contribution in [-0.4, -0.2) is 26.4 Å². The van der Waals surface area contributed by atoms with Gasteiger partial charge in [-0.15, -0.1) is 0 Å². The third-order valence-electron chi connectivity index (χ3n) is 4.32. The number of para-hydroxylation sites is 1. The van der Waals surface area contributed by atoms with E-state index in [0.717, 1.165) is 31.8 Å². The lowest BCUT2D eigenvalue weighted by Crippen LogP contribution is -2.58. The van der Waals surface area contributed by atoms with Gasteiger partial charge in [-0.1, -0.05) is 18.2 Å². The van der Waals surface area contributed by atoms with Crippen LogP contribution in [-0.2, 0) is 10.2 Å². The molecular formula is C14H19NO2. The van der Waals surface area contributed by atoms with Crippen LogP contribution in [0.25, 0.3) is 0 Å². The Morgan fingerprint density at radius 1 is 1.29 bits per heavy atom. The van der Waals surface area contributed by atoms with Crippen molar-refractivity contribution in [2.45, 2.75) is 24.3 Å². The Kier molecular flexibility index (Phi) is 2.60. The standard InChI is InChI=1S/C14H19NO2/c1-16-13-5-3-2-4-12(13)14(8-17-9-14)10-6-11(15)7-10/h2-5,10-11H,6-9,15H2,1H3. The molecule has 1 aromatic carbocycles. The molecule has 1 aromatic rings. The molecule has 92 valence electrons. The van der Waals surface area contributed by atoms with Crippen LogP contribution in [0.2, 0.25) is 0 Å². The van der Waals surface area contributed by atoms with E-state index in [0.29, 0.717) is 12.0 Å². The summed E-state index contributed by atoms with van der Waals surface area (Å²) in [6, 6.07) is 8.69. The van der Waals surface area contributed by atoms with Crippen molar-refractivity contribution in [2.75, 3.05) is 20.3 Å². The zero-order valence-electron chi connectivity index (χ0n) is 10.2. The highest BCUT2D eigenvalue weighted by atomic mass is 16.5. The lowest BCUT2D eigenvalue weighted by atomic mass is 9.59. The number of ether oxygens (including phenoxy) is 2. The van der Waals surface area contributed by atoms with Gasteiger partial charge in [0.25, 0.3) is 0 Å². The number of hydrogen-bond donors (Lipinski definition) is 1. The van der Waals surface area contributed by atoms with Gasteiger partial charge in [0.05, 0.1) is 20.3 Å². The number of benzene rings is 1. The van der Waals surface area contributed by atoms with E-state index in [-0.39, 0.29) is 5.41 Å². The Labute approximate surface area is 102 Å². The predicted molar refractivity (Wildman–Crippen MR) is 66.2 cm³/mol. The monoisotopic (exact) mass is 233 g/mol. The summed E-state index contributed by atoms with van der Waals surface area (Å²) in [7, 11) is 1.73. The maximum absolute atomic E-state index is 5.92. The average Bonchev–Trinajstić information content (AvgIpc) is 2.26. The zero-order valence-corrected chi connectivity index (χ0v) is 10.2. The van der Waals surface area contributed by atoms with Crippen LogP contribution in [0.3, 0.4) is 0 Å². The first-order valence-electron chi connectivity index (χ1n) is 6.23. The topological polar surface area (TPSA) is 44.5 Å². The Morgan fingerprint density at radius 3 is 2.53 bits per heavy atom. The zero-order chi connectivity index (χ0) is 11.9. The fraction of sp³-hybridized carbons (Fsp3) is 0.571. The molecule has 0 radical (unpaired) electrons. The minimum atomic E-state index is 0.155. The SMILES string of the molecule is COc1ccccc1C1(C2CC(N)C2)COC1. The van der Waals surface area contributed by atoms with E-state index in [1.165, 1.54) is 5.56 Å². The Morgan fingerprint density at radius 2 is 2.00 bits per heavy atom. The lowest BCUT2D eigenvalue weighted by molar-refractivity contribution is -0.111. The second kappa shape index (κ2) is 4.00. The van der Waals surface area contributed by atoms with Crippen LogP contribution in [0, 0.1) is 5.92 Å². The molecule has 3 heteroatoms. The van der Waals surface area contributed by atoms with Gasteiger partial charge in [0.15, 0.2) is 0 Å². The number of hydrogen-bond acceptors (Lipinski definition) is 3. The first kappa shape index (κ1) is 11.1. The second-order valence-corrected chi connectivity index (χ2v) is 5.28. The van der Waals surface area contributed by atoms with Crippen molar-refractivity contribution in [3.63, 3.8) is 0 Å². The molecule has 0 unspecified atom stereocenters. The quantitative estimate of drug-likeness (QED) is 0.864. The van der Waals surface area contributed by atoms with Crippen LogP contribution in [0.1, 0.15) is 18.4 Å². The largest absolute Gasteiger partial charge is 0.496 e. The van der Waals surface area contributed by atoms with Crippen molar-refractivity contribution in [3.8, 4) is 5.75 Å². The van der Waals surface area contributed by atoms with Gasteiger partial charge in [-0.25, -0.2) is 0 Å². The Hall–Kier alpha value is -1.06. The van der Waals surface area contributed by atoms with Crippen molar-refractivity contribution in [1.29, 1.82) is 0 Å². The normalized spacial score (nSPS) is 30.2. The summed E-state index contributed by atoms with van der Waals surface area (Å²) >= 11 is 0. The Bertz CT molecular complexity index is 408. The number of nitrogens with two attached hydrogens (primary N) is 1. The second-order valence-electron chi connectivity index (χ2n) is 5.28. The first-order valence-corrected chi connectivity index (χ1v) is 6.23. The van der Waals surface area contributed by atoms with E-state index in [1.807, 2.05) is 12.1 Å². The van der Waals surface area contributed by atoms with Crippen LogP contribution < -0.4 is 10.5 Å². The minimum Gasteiger partial charge on any atom is -0.496 e. The Balaban J connectivity index is 1.94. The lowest BCUT2D eigenvalue weighted by Gasteiger charge is -2.53. The molecule has 0 aromatic heterocycles. The van der Waals surface area contributed by atoms with Gasteiger partial charge < -0.3 is 15.2 Å². The third-order valence-corrected chi connectivity index (χ3v) is 4.32. The smallest absolute Gasteiger partial charge is 0.122 e. The van der Waals surface area contributed by atoms with Crippen LogP contribution in [0.4, 0.5) is 0 Å². The fourth-order valence-corrected chi connectivity index (χ4v) is 3.10. The molecule has 1 saturated carbocycles. The summed E-state index contributed by atoms with van der Waals surface area (Å²) in [5.74, 6) is 1.64. The molecule has 2 fully saturated rings. The van der Waals surface area contributed by atoms with Gasteiger partial charge in [-0.05, 0) is 24.8 Å². The molecule has 1 aliphatic carbocycles. The van der Waals surface area contributed by atoms with Gasteiger partial charge in [0.1, 0.15) is 5.75 Å². The third kappa shape index (κ3) is 1.57. The fourth-order valence-electron chi connectivity index (χ4n) is 3.10. The molecule has 3 nitrogen and oxygen atoms in total. The van der Waals surface area contributed by atoms with Crippen molar-refractivity contribution < 1.29 is 9.47 Å². The summed E-state index contributed by atoms with van der Waals surface area (Å²) in [4.78, 5) is 0. The van der Waals surface area contributed by atoms with Crippen molar-refractivity contribution in [2.24, 2.45) is 11.7 Å².